The number of fused-ring (bicyclic) bond motifs is 1. The van der Waals surface area contributed by atoms with E-state index in [1.165, 1.54) is 22.9 Å². The molecule has 5 aromatic rings. The average Bonchev–Trinajstić information content (AvgIpc) is 3.86. The van der Waals surface area contributed by atoms with Crippen molar-refractivity contribution in [1.82, 2.24) is 14.5 Å². The van der Waals surface area contributed by atoms with Gasteiger partial charge in [-0.15, -0.1) is 0 Å². The predicted molar refractivity (Wildman–Crippen MR) is 171 cm³/mol. The number of hydrogen-bond acceptors (Lipinski definition) is 6. The molecule has 7 nitrogen and oxygen atoms in total. The van der Waals surface area contributed by atoms with Crippen molar-refractivity contribution in [1.29, 1.82) is 0 Å². The third-order valence-electron chi connectivity index (χ3n) is 8.27. The van der Waals surface area contributed by atoms with Crippen LogP contribution in [-0.2, 0) is 16.8 Å². The Hall–Kier alpha value is -4.44. The second-order valence-electron chi connectivity index (χ2n) is 11.4. The molecular weight excluding hydrogens is 580 g/mol. The van der Waals surface area contributed by atoms with Crippen LogP contribution in [0.5, 0.6) is 0 Å². The number of aromatic nitrogens is 3. The molecule has 0 saturated heterocycles. The van der Waals surface area contributed by atoms with Crippen LogP contribution in [0.2, 0.25) is 0 Å². The third kappa shape index (κ3) is 5.17. The van der Waals surface area contributed by atoms with Gasteiger partial charge in [0.1, 0.15) is 17.3 Å². The molecule has 1 N–H and O–H groups in total. The highest BCUT2D eigenvalue weighted by Gasteiger charge is 2.36. The predicted octanol–water partition coefficient (Wildman–Crippen LogP) is 7.35. The summed E-state index contributed by atoms with van der Waals surface area (Å²) in [6, 6.07) is 15.5. The molecule has 1 saturated carbocycles. The maximum absolute atomic E-state index is 15.5. The van der Waals surface area contributed by atoms with Gasteiger partial charge in [0.2, 0.25) is 0 Å². The van der Waals surface area contributed by atoms with Crippen molar-refractivity contribution in [3.63, 3.8) is 0 Å². The summed E-state index contributed by atoms with van der Waals surface area (Å²) in [5.41, 5.74) is 3.88. The zero-order chi connectivity index (χ0) is 31.3. The van der Waals surface area contributed by atoms with E-state index in [4.69, 9.17) is 0 Å². The second-order valence-corrected chi connectivity index (χ2v) is 14.0. The molecule has 0 bridgehead atoms. The Morgan fingerprint density at radius 1 is 1.02 bits per heavy atom. The minimum Gasteiger partial charge on any atom is -0.377 e. The number of hydrogen-bond donors (Lipinski definition) is 1. The molecule has 0 radical (unpaired) electrons. The van der Waals surface area contributed by atoms with Crippen LogP contribution in [-0.4, -0.2) is 31.0 Å². The number of nitrogens with zero attached hydrogens (tertiary/aromatic N) is 4. The molecule has 44 heavy (non-hydrogen) atoms. The molecule has 226 valence electrons. The fourth-order valence-electron chi connectivity index (χ4n) is 5.81. The molecule has 6 rings (SSSR count). The van der Waals surface area contributed by atoms with E-state index in [0.717, 1.165) is 35.9 Å². The maximum atomic E-state index is 15.5. The number of rotatable bonds is 7. The van der Waals surface area contributed by atoms with Gasteiger partial charge in [0, 0.05) is 53.8 Å². The van der Waals surface area contributed by atoms with Crippen LogP contribution in [0.25, 0.3) is 33.3 Å². The average molecular weight is 614 g/mol. The maximum Gasteiger partial charge on any atom is 0.258 e. The summed E-state index contributed by atoms with van der Waals surface area (Å²) in [7, 11) is 0.696. The minimum absolute atomic E-state index is 0.0153. The summed E-state index contributed by atoms with van der Waals surface area (Å²) in [4.78, 5) is 22.7. The number of aryl methyl sites for hydroxylation is 2. The lowest BCUT2D eigenvalue weighted by Gasteiger charge is -2.22. The molecule has 0 amide bonds. The monoisotopic (exact) mass is 613 g/mol. The summed E-state index contributed by atoms with van der Waals surface area (Å²) in [6.45, 7) is 5.60. The van der Waals surface area contributed by atoms with Crippen molar-refractivity contribution in [2.75, 3.05) is 12.4 Å². The van der Waals surface area contributed by atoms with E-state index >= 15 is 4.39 Å². The molecule has 1 aliphatic carbocycles. The molecule has 1 aliphatic rings. The molecule has 3 aromatic heterocycles. The van der Waals surface area contributed by atoms with Crippen molar-refractivity contribution in [3.05, 3.63) is 106 Å². The lowest BCUT2D eigenvalue weighted by atomic mass is 9.96. The fourth-order valence-corrected chi connectivity index (χ4v) is 8.16. The Morgan fingerprint density at radius 3 is 2.48 bits per heavy atom. The van der Waals surface area contributed by atoms with Crippen LogP contribution in [0.3, 0.4) is 0 Å². The van der Waals surface area contributed by atoms with Crippen molar-refractivity contribution < 1.29 is 13.0 Å². The summed E-state index contributed by atoms with van der Waals surface area (Å²) in [5.74, 6) is -1.23. The van der Waals surface area contributed by atoms with E-state index in [-0.39, 0.29) is 28.1 Å². The highest BCUT2D eigenvalue weighted by atomic mass is 32.2. The van der Waals surface area contributed by atoms with Crippen molar-refractivity contribution in [2.24, 2.45) is 11.4 Å². The first kappa shape index (κ1) is 29.6. The molecule has 2 atom stereocenters. The van der Waals surface area contributed by atoms with Crippen LogP contribution < -0.4 is 10.9 Å². The lowest BCUT2D eigenvalue weighted by molar-refractivity contribution is 0.616. The van der Waals surface area contributed by atoms with Crippen LogP contribution in [0.4, 0.5) is 14.5 Å². The summed E-state index contributed by atoms with van der Waals surface area (Å²) < 4.78 is 49.1. The van der Waals surface area contributed by atoms with Gasteiger partial charge in [0.05, 0.1) is 32.2 Å². The van der Waals surface area contributed by atoms with Gasteiger partial charge in [-0.05, 0) is 86.5 Å². The lowest BCUT2D eigenvalue weighted by Crippen LogP contribution is -2.20. The minimum atomic E-state index is -2.57. The Kier molecular flexibility index (Phi) is 7.57. The first-order valence-electron chi connectivity index (χ1n) is 14.4. The molecule has 3 heterocycles. The van der Waals surface area contributed by atoms with Crippen LogP contribution in [0.1, 0.15) is 42.6 Å². The van der Waals surface area contributed by atoms with Crippen LogP contribution in [0.15, 0.2) is 81.0 Å². The van der Waals surface area contributed by atoms with E-state index < -0.39 is 21.4 Å². The summed E-state index contributed by atoms with van der Waals surface area (Å²) >= 11 is 0. The molecule has 1 unspecified atom stereocenters. The quantitative estimate of drug-likeness (QED) is 0.207. The molecule has 0 spiro atoms. The summed E-state index contributed by atoms with van der Waals surface area (Å²) in [5, 5.41) is 4.85. The first-order chi connectivity index (χ1) is 21.0. The molecule has 10 heteroatoms. The molecule has 1 fully saturated rings. The zero-order valence-electron chi connectivity index (χ0n) is 25.2. The van der Waals surface area contributed by atoms with E-state index in [0.29, 0.717) is 32.6 Å². The smallest absolute Gasteiger partial charge is 0.258 e. The fraction of sp³-hybridized carbons (Fsp3) is 0.265. The molecule has 0 aliphatic heterocycles. The van der Waals surface area contributed by atoms with Crippen molar-refractivity contribution in [2.45, 2.75) is 49.8 Å². The number of pyridine rings is 3. The molecular formula is C34H33F2N5O2S. The largest absolute Gasteiger partial charge is 0.377 e. The van der Waals surface area contributed by atoms with Gasteiger partial charge in [-0.1, -0.05) is 18.2 Å². The van der Waals surface area contributed by atoms with E-state index in [1.54, 1.807) is 21.0 Å². The van der Waals surface area contributed by atoms with Crippen molar-refractivity contribution in [3.8, 4) is 22.5 Å². The van der Waals surface area contributed by atoms with Gasteiger partial charge in [-0.3, -0.25) is 14.8 Å². The highest BCUT2D eigenvalue weighted by molar-refractivity contribution is 7.94. The normalized spacial score (nSPS) is 15.2. The first-order valence-corrected chi connectivity index (χ1v) is 16.0. The number of para-hydroxylation sites is 1. The standard InChI is InChI=1S/C34H33F2N5O2S/c1-19-12-25(21(3)40-30-8-6-7-9-32(30)44(43,37-4)24-10-11-24)27-16-31(41(5)34(42)28(27)13-19)22-14-29(36)33(39-17-22)26-15-23(35)18-38-20(26)2/h6-9,12-18,21,24,40H,10-11H2,1-5H3/t21-,44?/m1/s1. The van der Waals surface area contributed by atoms with Crippen molar-refractivity contribution >= 4 is 26.2 Å². The van der Waals surface area contributed by atoms with E-state index in [2.05, 4.69) is 19.6 Å². The number of anilines is 1. The third-order valence-corrected chi connectivity index (χ3v) is 11.2. The van der Waals surface area contributed by atoms with Gasteiger partial charge in [0.25, 0.3) is 5.56 Å². The number of benzene rings is 2. The molecule has 2 aromatic carbocycles. The van der Waals surface area contributed by atoms with E-state index in [9.17, 15) is 13.4 Å². The Labute approximate surface area is 255 Å². The Bertz CT molecular complexity index is 2130. The highest BCUT2D eigenvalue weighted by Crippen LogP contribution is 2.39. The Balaban J connectivity index is 1.45. The topological polar surface area (TPSA) is 89.2 Å². The zero-order valence-corrected chi connectivity index (χ0v) is 26.0. The van der Waals surface area contributed by atoms with Gasteiger partial charge < -0.3 is 9.88 Å². The summed E-state index contributed by atoms with van der Waals surface area (Å²) in [6.07, 6.45) is 4.35. The van der Waals surface area contributed by atoms with Gasteiger partial charge in [-0.2, -0.15) is 0 Å². The van der Waals surface area contributed by atoms with Crippen LogP contribution in [0, 0.1) is 25.5 Å². The van der Waals surface area contributed by atoms with Gasteiger partial charge in [0.15, 0.2) is 0 Å². The van der Waals surface area contributed by atoms with E-state index in [1.807, 2.05) is 56.3 Å². The Morgan fingerprint density at radius 2 is 1.77 bits per heavy atom. The van der Waals surface area contributed by atoms with Crippen LogP contribution >= 0.6 is 0 Å². The van der Waals surface area contributed by atoms with Gasteiger partial charge in [-0.25, -0.2) is 17.4 Å². The number of halogens is 2. The number of nitrogens with one attached hydrogen (secondary N) is 1. The van der Waals surface area contributed by atoms with Gasteiger partial charge >= 0.3 is 0 Å². The SMILES string of the molecule is CN=S(=O)(c1ccccc1N[C@H](C)c1cc(C)cc2c(=O)n(C)c(-c3cnc(-c4cc(F)cnc4C)c(F)c3)cc12)C1CC1. The second kappa shape index (κ2) is 11.2.